The van der Waals surface area contributed by atoms with Gasteiger partial charge in [0.15, 0.2) is 0 Å². The van der Waals surface area contributed by atoms with Crippen LogP contribution in [0, 0.1) is 11.7 Å². The van der Waals surface area contributed by atoms with E-state index in [1.807, 2.05) is 0 Å². The number of rotatable bonds is 6. The van der Waals surface area contributed by atoms with Crippen molar-refractivity contribution in [1.82, 2.24) is 4.72 Å². The van der Waals surface area contributed by atoms with Gasteiger partial charge in [0, 0.05) is 6.54 Å². The second-order valence-electron chi connectivity index (χ2n) is 4.71. The zero-order chi connectivity index (χ0) is 14.6. The number of aliphatic hydroxyl groups excluding tert-OH is 1. The predicted molar refractivity (Wildman–Crippen MR) is 73.0 cm³/mol. The van der Waals surface area contributed by atoms with Gasteiger partial charge in [-0.3, -0.25) is 0 Å². The van der Waals surface area contributed by atoms with Crippen LogP contribution in [0.15, 0.2) is 18.2 Å². The fourth-order valence-electron chi connectivity index (χ4n) is 1.54. The van der Waals surface area contributed by atoms with Crippen molar-refractivity contribution in [2.45, 2.75) is 20.0 Å². The van der Waals surface area contributed by atoms with Crippen LogP contribution < -0.4 is 4.72 Å². The maximum atomic E-state index is 13.2. The van der Waals surface area contributed by atoms with E-state index in [0.29, 0.717) is 0 Å². The summed E-state index contributed by atoms with van der Waals surface area (Å²) in [6.07, 6.45) is -1.12. The van der Waals surface area contributed by atoms with Crippen LogP contribution in [-0.4, -0.2) is 25.8 Å². The minimum absolute atomic E-state index is 0.0115. The molecule has 0 spiro atoms. The molecule has 1 aromatic carbocycles. The minimum Gasteiger partial charge on any atom is -0.387 e. The molecule has 0 aliphatic heterocycles. The lowest BCUT2D eigenvalue weighted by Crippen LogP contribution is -2.32. The van der Waals surface area contributed by atoms with Gasteiger partial charge in [-0.25, -0.2) is 17.5 Å². The molecular formula is C12H17ClFNO3S. The third-order valence-electron chi connectivity index (χ3n) is 2.38. The molecule has 0 saturated carbocycles. The number of aliphatic hydroxyl groups is 1. The molecule has 1 unspecified atom stereocenters. The molecule has 0 aliphatic carbocycles. The lowest BCUT2D eigenvalue weighted by molar-refractivity contribution is 0.181. The molecular weight excluding hydrogens is 293 g/mol. The Kier molecular flexibility index (Phi) is 5.73. The Morgan fingerprint density at radius 3 is 2.58 bits per heavy atom. The molecule has 0 bridgehead atoms. The lowest BCUT2D eigenvalue weighted by Gasteiger charge is -2.14. The van der Waals surface area contributed by atoms with Crippen LogP contribution in [-0.2, 0) is 10.0 Å². The van der Waals surface area contributed by atoms with E-state index in [2.05, 4.69) is 4.72 Å². The normalized spacial score (nSPS) is 13.8. The average molecular weight is 310 g/mol. The van der Waals surface area contributed by atoms with E-state index in [9.17, 15) is 17.9 Å². The van der Waals surface area contributed by atoms with Crippen LogP contribution in [0.2, 0.25) is 5.02 Å². The highest BCUT2D eigenvalue weighted by atomic mass is 35.5. The fourth-order valence-corrected chi connectivity index (χ4v) is 3.07. The molecule has 19 heavy (non-hydrogen) atoms. The summed E-state index contributed by atoms with van der Waals surface area (Å²) in [6.45, 7) is 3.37. The second-order valence-corrected chi connectivity index (χ2v) is 6.97. The smallest absolute Gasteiger partial charge is 0.211 e. The summed E-state index contributed by atoms with van der Waals surface area (Å²) >= 11 is 5.52. The van der Waals surface area contributed by atoms with Crippen molar-refractivity contribution in [1.29, 1.82) is 0 Å². The Bertz CT molecular complexity index is 534. The van der Waals surface area contributed by atoms with Gasteiger partial charge in [0.05, 0.1) is 16.9 Å². The van der Waals surface area contributed by atoms with Gasteiger partial charge in [-0.15, -0.1) is 0 Å². The Labute approximate surface area is 117 Å². The molecule has 1 rings (SSSR count). The number of hydrogen-bond acceptors (Lipinski definition) is 3. The van der Waals surface area contributed by atoms with Gasteiger partial charge in [-0.2, -0.15) is 0 Å². The Hall–Kier alpha value is -0.690. The van der Waals surface area contributed by atoms with Gasteiger partial charge in [-0.05, 0) is 23.6 Å². The van der Waals surface area contributed by atoms with Crippen molar-refractivity contribution in [3.63, 3.8) is 0 Å². The van der Waals surface area contributed by atoms with Crippen LogP contribution in [0.3, 0.4) is 0 Å². The first-order valence-electron chi connectivity index (χ1n) is 5.81. The van der Waals surface area contributed by atoms with Crippen molar-refractivity contribution in [3.05, 3.63) is 34.6 Å². The molecule has 4 nitrogen and oxygen atoms in total. The van der Waals surface area contributed by atoms with Crippen LogP contribution >= 0.6 is 11.6 Å². The molecule has 7 heteroatoms. The monoisotopic (exact) mass is 309 g/mol. The number of benzene rings is 1. The van der Waals surface area contributed by atoms with Gasteiger partial charge in [0.2, 0.25) is 10.0 Å². The van der Waals surface area contributed by atoms with E-state index in [4.69, 9.17) is 11.6 Å². The third-order valence-corrected chi connectivity index (χ3v) is 4.40. The highest BCUT2D eigenvalue weighted by molar-refractivity contribution is 7.89. The van der Waals surface area contributed by atoms with Crippen molar-refractivity contribution >= 4 is 21.6 Å². The molecule has 2 N–H and O–H groups in total. The summed E-state index contributed by atoms with van der Waals surface area (Å²) in [5, 5.41) is 9.75. The zero-order valence-electron chi connectivity index (χ0n) is 10.7. The van der Waals surface area contributed by atoms with Gasteiger partial charge in [0.1, 0.15) is 5.82 Å². The fraction of sp³-hybridized carbons (Fsp3) is 0.500. The maximum absolute atomic E-state index is 13.2. The van der Waals surface area contributed by atoms with Crippen LogP contribution in [0.1, 0.15) is 25.5 Å². The number of nitrogens with one attached hydrogen (secondary N) is 1. The van der Waals surface area contributed by atoms with Gasteiger partial charge in [-0.1, -0.05) is 31.5 Å². The van der Waals surface area contributed by atoms with Crippen molar-refractivity contribution in [2.24, 2.45) is 5.92 Å². The zero-order valence-corrected chi connectivity index (χ0v) is 12.3. The molecule has 0 amide bonds. The number of halogens is 2. The summed E-state index contributed by atoms with van der Waals surface area (Å²) in [5.74, 6) is -0.680. The number of sulfonamides is 1. The largest absolute Gasteiger partial charge is 0.387 e. The summed E-state index contributed by atoms with van der Waals surface area (Å²) in [7, 11) is -3.43. The molecule has 0 fully saturated rings. The van der Waals surface area contributed by atoms with E-state index in [1.54, 1.807) is 13.8 Å². The van der Waals surface area contributed by atoms with Crippen molar-refractivity contribution < 1.29 is 17.9 Å². The maximum Gasteiger partial charge on any atom is 0.211 e. The first-order chi connectivity index (χ1) is 8.71. The first kappa shape index (κ1) is 16.4. The Balaban J connectivity index is 2.65. The molecule has 0 saturated heterocycles. The SMILES string of the molecule is CC(C)CS(=O)(=O)NCC(O)c1ccc(Cl)c(F)c1. The molecule has 0 heterocycles. The summed E-state index contributed by atoms with van der Waals surface area (Å²) in [6, 6.07) is 3.86. The highest BCUT2D eigenvalue weighted by Gasteiger charge is 2.16. The highest BCUT2D eigenvalue weighted by Crippen LogP contribution is 2.20. The molecule has 0 aromatic heterocycles. The Morgan fingerprint density at radius 2 is 2.05 bits per heavy atom. The minimum atomic E-state index is -3.43. The van der Waals surface area contributed by atoms with Gasteiger partial charge >= 0.3 is 0 Å². The van der Waals surface area contributed by atoms with E-state index < -0.39 is 21.9 Å². The van der Waals surface area contributed by atoms with Gasteiger partial charge in [0.25, 0.3) is 0 Å². The molecule has 108 valence electrons. The molecule has 0 aliphatic rings. The summed E-state index contributed by atoms with van der Waals surface area (Å²) in [4.78, 5) is 0. The lowest BCUT2D eigenvalue weighted by atomic mass is 10.1. The van der Waals surface area contributed by atoms with E-state index >= 15 is 0 Å². The quantitative estimate of drug-likeness (QED) is 0.845. The Morgan fingerprint density at radius 1 is 1.42 bits per heavy atom. The standard InChI is InChI=1S/C12H17ClFNO3S/c1-8(2)7-19(17,18)15-6-12(16)9-3-4-10(13)11(14)5-9/h3-5,8,12,15-16H,6-7H2,1-2H3. The van der Waals surface area contributed by atoms with Crippen molar-refractivity contribution in [2.75, 3.05) is 12.3 Å². The molecule has 1 aromatic rings. The first-order valence-corrected chi connectivity index (χ1v) is 7.84. The van der Waals surface area contributed by atoms with Crippen LogP contribution in [0.4, 0.5) is 4.39 Å². The molecule has 1 atom stereocenters. The van der Waals surface area contributed by atoms with Crippen LogP contribution in [0.5, 0.6) is 0 Å². The second kappa shape index (κ2) is 6.65. The van der Waals surface area contributed by atoms with E-state index in [1.165, 1.54) is 12.1 Å². The van der Waals surface area contributed by atoms with E-state index in [0.717, 1.165) is 6.07 Å². The molecule has 0 radical (unpaired) electrons. The van der Waals surface area contributed by atoms with Crippen molar-refractivity contribution in [3.8, 4) is 0 Å². The number of hydrogen-bond donors (Lipinski definition) is 2. The summed E-state index contributed by atoms with van der Waals surface area (Å²) < 4.78 is 38.7. The topological polar surface area (TPSA) is 66.4 Å². The predicted octanol–water partition coefficient (Wildman–Crippen LogP) is 2.09. The summed E-state index contributed by atoms with van der Waals surface area (Å²) in [5.41, 5.74) is 0.272. The van der Waals surface area contributed by atoms with E-state index in [-0.39, 0.29) is 28.8 Å². The average Bonchev–Trinajstić information content (AvgIpc) is 2.28. The van der Waals surface area contributed by atoms with Crippen LogP contribution in [0.25, 0.3) is 0 Å². The third kappa shape index (κ3) is 5.44. The van der Waals surface area contributed by atoms with Gasteiger partial charge < -0.3 is 5.11 Å².